The predicted octanol–water partition coefficient (Wildman–Crippen LogP) is 10.1. The normalized spacial score (nSPS) is 25.5. The van der Waals surface area contributed by atoms with Crippen LogP contribution >= 0.6 is 0 Å². The monoisotopic (exact) mass is 1040 g/mol. The Hall–Kier alpha value is -1.53. The summed E-state index contributed by atoms with van der Waals surface area (Å²) in [7, 11) is 0. The van der Waals surface area contributed by atoms with Crippen LogP contribution in [-0.2, 0) is 23.7 Å². The van der Waals surface area contributed by atoms with E-state index in [-0.39, 0.29) is 18.9 Å². The minimum absolute atomic E-state index is 0.244. The molecule has 2 fully saturated rings. The van der Waals surface area contributed by atoms with Gasteiger partial charge >= 0.3 is 0 Å². The third-order valence-corrected chi connectivity index (χ3v) is 14.9. The van der Waals surface area contributed by atoms with Gasteiger partial charge < -0.3 is 65.1 Å². The molecule has 73 heavy (non-hydrogen) atoms. The predicted molar refractivity (Wildman–Crippen MR) is 291 cm³/mol. The first-order valence-corrected chi connectivity index (χ1v) is 30.1. The van der Waals surface area contributed by atoms with Gasteiger partial charge in [-0.25, -0.2) is 0 Å². The van der Waals surface area contributed by atoms with Crippen LogP contribution in [0.25, 0.3) is 0 Å². The smallest absolute Gasteiger partial charge is 0.220 e. The molecule has 0 aromatic carbocycles. The van der Waals surface area contributed by atoms with E-state index in [9.17, 15) is 45.6 Å². The Kier molecular flexibility index (Phi) is 42.1. The lowest BCUT2D eigenvalue weighted by atomic mass is 9.97. The van der Waals surface area contributed by atoms with Crippen molar-refractivity contribution in [1.29, 1.82) is 0 Å². The van der Waals surface area contributed by atoms with Crippen molar-refractivity contribution in [2.45, 2.75) is 325 Å². The van der Waals surface area contributed by atoms with Crippen LogP contribution < -0.4 is 5.32 Å². The maximum Gasteiger partial charge on any atom is 0.220 e. The van der Waals surface area contributed by atoms with E-state index >= 15 is 0 Å². The van der Waals surface area contributed by atoms with Crippen molar-refractivity contribution in [2.24, 2.45) is 0 Å². The van der Waals surface area contributed by atoms with Gasteiger partial charge in [0.15, 0.2) is 12.6 Å². The molecule has 0 saturated carbocycles. The lowest BCUT2D eigenvalue weighted by molar-refractivity contribution is -0.359. The number of aliphatic hydroxyl groups is 8. The van der Waals surface area contributed by atoms with Crippen LogP contribution in [0.5, 0.6) is 0 Å². The van der Waals surface area contributed by atoms with Gasteiger partial charge in [-0.15, -0.1) is 0 Å². The Morgan fingerprint density at radius 2 is 0.877 bits per heavy atom. The van der Waals surface area contributed by atoms with Crippen molar-refractivity contribution < 1.29 is 64.6 Å². The fraction of sp³-hybridized carbons (Fsp3) is 0.915. The summed E-state index contributed by atoms with van der Waals surface area (Å²) in [6, 6.07) is -0.927. The van der Waals surface area contributed by atoms with Gasteiger partial charge in [0.05, 0.1) is 32.0 Å². The maximum atomic E-state index is 13.3. The summed E-state index contributed by atoms with van der Waals surface area (Å²) in [4.78, 5) is 13.3. The fourth-order valence-electron chi connectivity index (χ4n) is 10.0. The highest BCUT2D eigenvalue weighted by molar-refractivity contribution is 5.76. The first-order valence-electron chi connectivity index (χ1n) is 30.1. The molecule has 2 rings (SSSR count). The van der Waals surface area contributed by atoms with Gasteiger partial charge in [0.2, 0.25) is 5.91 Å². The number of nitrogens with one attached hydrogen (secondary N) is 1. The minimum Gasteiger partial charge on any atom is -0.394 e. The second kappa shape index (κ2) is 45.5. The standard InChI is InChI=1S/C59H111NO13/c1-3-5-7-9-11-13-15-17-19-21-23-24-25-27-29-31-33-35-37-39-41-43-51(64)60-47(48(63)42-40-38-36-34-32-30-28-26-22-20-18-16-14-12-10-8-6-4-2)46-70-58-56(69)54(67)57(50(45-62)72-58)73-59-55(68)53(66)52(65)49(44-61)71-59/h32,34,40,42,47-50,52-59,61-63,65-69H,3-31,33,35-39,41,43-46H2,1-2H3,(H,60,64)/b34-32+,42-40+. The topological polar surface area (TPSA) is 228 Å². The highest BCUT2D eigenvalue weighted by Crippen LogP contribution is 2.30. The molecule has 1 amide bonds. The van der Waals surface area contributed by atoms with Crippen molar-refractivity contribution in [3.63, 3.8) is 0 Å². The SMILES string of the molecule is CCCCCCCCCCCCCC/C=C/CC/C=C/C(O)C(COC1OC(CO)C(OC2OC(CO)C(O)C(O)C2O)C(O)C1O)NC(=O)CCCCCCCCCCCCCCCCCCCCCCC. The zero-order valence-corrected chi connectivity index (χ0v) is 46.1. The second-order valence-corrected chi connectivity index (χ2v) is 21.5. The molecule has 430 valence electrons. The van der Waals surface area contributed by atoms with Crippen LogP contribution in [0, 0.1) is 0 Å². The molecular weight excluding hydrogens is 931 g/mol. The Morgan fingerprint density at radius 3 is 1.34 bits per heavy atom. The molecule has 0 aliphatic carbocycles. The molecule has 2 heterocycles. The van der Waals surface area contributed by atoms with Crippen LogP contribution in [0.4, 0.5) is 0 Å². The molecule has 12 unspecified atom stereocenters. The van der Waals surface area contributed by atoms with Crippen LogP contribution in [0.3, 0.4) is 0 Å². The highest BCUT2D eigenvalue weighted by atomic mass is 16.7. The van der Waals surface area contributed by atoms with Crippen LogP contribution in [0.15, 0.2) is 24.3 Å². The molecule has 9 N–H and O–H groups in total. The van der Waals surface area contributed by atoms with Gasteiger partial charge in [0, 0.05) is 6.42 Å². The van der Waals surface area contributed by atoms with E-state index in [0.29, 0.717) is 12.8 Å². The average molecular weight is 1040 g/mol. The van der Waals surface area contributed by atoms with Crippen molar-refractivity contribution in [3.05, 3.63) is 24.3 Å². The average Bonchev–Trinajstić information content (AvgIpc) is 3.39. The van der Waals surface area contributed by atoms with Crippen LogP contribution in [0.2, 0.25) is 0 Å². The molecular formula is C59H111NO13. The summed E-state index contributed by atoms with van der Waals surface area (Å²) in [6.45, 7) is 2.81. The molecule has 0 spiro atoms. The van der Waals surface area contributed by atoms with E-state index < -0.39 is 86.8 Å². The van der Waals surface area contributed by atoms with E-state index in [0.717, 1.165) is 32.1 Å². The van der Waals surface area contributed by atoms with Gasteiger partial charge in [-0.1, -0.05) is 237 Å². The zero-order chi connectivity index (χ0) is 53.2. The van der Waals surface area contributed by atoms with Gasteiger partial charge in [-0.2, -0.15) is 0 Å². The third kappa shape index (κ3) is 31.5. The van der Waals surface area contributed by atoms with E-state index in [4.69, 9.17) is 18.9 Å². The molecule has 14 nitrogen and oxygen atoms in total. The first-order chi connectivity index (χ1) is 35.6. The van der Waals surface area contributed by atoms with E-state index in [1.54, 1.807) is 6.08 Å². The minimum atomic E-state index is -1.79. The number of ether oxygens (including phenoxy) is 4. The van der Waals surface area contributed by atoms with E-state index in [1.165, 1.54) is 186 Å². The lowest BCUT2D eigenvalue weighted by Gasteiger charge is -2.46. The largest absolute Gasteiger partial charge is 0.394 e. The van der Waals surface area contributed by atoms with Gasteiger partial charge in [0.25, 0.3) is 0 Å². The summed E-state index contributed by atoms with van der Waals surface area (Å²) in [6.07, 6.45) is 36.5. The van der Waals surface area contributed by atoms with Crippen LogP contribution in [0.1, 0.15) is 251 Å². The molecule has 2 saturated heterocycles. The number of carbonyl (C=O) groups is 1. The number of amides is 1. The lowest BCUT2D eigenvalue weighted by Crippen LogP contribution is -2.65. The maximum absolute atomic E-state index is 13.3. The Labute approximate surface area is 443 Å². The number of allylic oxidation sites excluding steroid dienone is 3. The summed E-state index contributed by atoms with van der Waals surface area (Å²) >= 11 is 0. The fourth-order valence-corrected chi connectivity index (χ4v) is 10.0. The number of unbranched alkanes of at least 4 members (excludes halogenated alkanes) is 33. The first kappa shape index (κ1) is 67.6. The summed E-state index contributed by atoms with van der Waals surface area (Å²) in [5.41, 5.74) is 0. The number of aliphatic hydroxyl groups excluding tert-OH is 8. The highest BCUT2D eigenvalue weighted by Gasteiger charge is 2.51. The number of carbonyl (C=O) groups excluding carboxylic acids is 1. The third-order valence-electron chi connectivity index (χ3n) is 14.9. The van der Waals surface area contributed by atoms with Gasteiger partial charge in [0.1, 0.15) is 48.8 Å². The van der Waals surface area contributed by atoms with Crippen LogP contribution in [-0.4, -0.2) is 140 Å². The molecule has 0 radical (unpaired) electrons. The molecule has 2 aliphatic rings. The van der Waals surface area contributed by atoms with Crippen molar-refractivity contribution in [2.75, 3.05) is 19.8 Å². The molecule has 14 heteroatoms. The number of hydrogen-bond acceptors (Lipinski definition) is 13. The van der Waals surface area contributed by atoms with Gasteiger partial charge in [-0.3, -0.25) is 4.79 Å². The summed E-state index contributed by atoms with van der Waals surface area (Å²) in [5.74, 6) is -0.244. The molecule has 0 bridgehead atoms. The molecule has 0 aromatic heterocycles. The number of rotatable bonds is 48. The molecule has 2 aliphatic heterocycles. The summed E-state index contributed by atoms with van der Waals surface area (Å²) in [5, 5.41) is 87.1. The number of hydrogen-bond donors (Lipinski definition) is 9. The van der Waals surface area contributed by atoms with Crippen molar-refractivity contribution in [1.82, 2.24) is 5.32 Å². The zero-order valence-electron chi connectivity index (χ0n) is 46.1. The quantitative estimate of drug-likeness (QED) is 0.0204. The Balaban J connectivity index is 1.77. The Morgan fingerprint density at radius 1 is 0.479 bits per heavy atom. The molecule has 12 atom stereocenters. The second-order valence-electron chi connectivity index (χ2n) is 21.5. The van der Waals surface area contributed by atoms with Crippen molar-refractivity contribution >= 4 is 5.91 Å². The molecule has 0 aromatic rings. The van der Waals surface area contributed by atoms with E-state index in [1.807, 2.05) is 6.08 Å². The van der Waals surface area contributed by atoms with Crippen molar-refractivity contribution in [3.8, 4) is 0 Å². The Bertz CT molecular complexity index is 1320. The summed E-state index contributed by atoms with van der Waals surface area (Å²) < 4.78 is 22.8. The van der Waals surface area contributed by atoms with E-state index in [2.05, 4.69) is 31.3 Å². The van der Waals surface area contributed by atoms with Gasteiger partial charge in [-0.05, 0) is 32.1 Å².